The lowest BCUT2D eigenvalue weighted by atomic mass is 10.2. The number of hydrogen-bond donors (Lipinski definition) is 0. The summed E-state index contributed by atoms with van der Waals surface area (Å²) in [7, 11) is 0. The van der Waals surface area contributed by atoms with E-state index in [2.05, 4.69) is 0 Å². The van der Waals surface area contributed by atoms with Crippen LogP contribution in [0.3, 0.4) is 0 Å². The van der Waals surface area contributed by atoms with Gasteiger partial charge in [0.15, 0.2) is 11.5 Å². The highest BCUT2D eigenvalue weighted by Gasteiger charge is 2.15. The van der Waals surface area contributed by atoms with E-state index in [-0.39, 0.29) is 17.1 Å². The Bertz CT molecular complexity index is 854. The van der Waals surface area contributed by atoms with Crippen molar-refractivity contribution in [2.45, 2.75) is 13.8 Å². The number of carbonyl (C=O) groups is 3. The van der Waals surface area contributed by atoms with Crippen molar-refractivity contribution in [1.29, 1.82) is 0 Å². The largest absolute Gasteiger partial charge is 0.423 e. The minimum atomic E-state index is -0.874. The minimum absolute atomic E-state index is 0.00835. The van der Waals surface area contributed by atoms with Crippen LogP contribution < -0.4 is 14.2 Å². The lowest BCUT2D eigenvalue weighted by molar-refractivity contribution is -0.134. The monoisotopic (exact) mass is 340 g/mol. The third kappa shape index (κ3) is 3.49. The maximum absolute atomic E-state index is 11.8. The number of halogens is 1. The van der Waals surface area contributed by atoms with E-state index in [9.17, 15) is 19.2 Å². The smallest absolute Gasteiger partial charge is 0.308 e. The predicted molar refractivity (Wildman–Crippen MR) is 80.9 cm³/mol. The third-order valence-electron chi connectivity index (χ3n) is 2.52. The number of benzene rings is 1. The summed E-state index contributed by atoms with van der Waals surface area (Å²) in [4.78, 5) is 45.2. The first-order valence-electron chi connectivity index (χ1n) is 5.96. The summed E-state index contributed by atoms with van der Waals surface area (Å²) in [6, 6.07) is 4.09. The van der Waals surface area contributed by atoms with E-state index in [1.165, 1.54) is 32.0 Å². The van der Waals surface area contributed by atoms with Crippen molar-refractivity contribution in [3.63, 3.8) is 0 Å². The Morgan fingerprint density at radius 2 is 1.55 bits per heavy atom. The molecule has 0 aliphatic rings. The van der Waals surface area contributed by atoms with E-state index in [1.54, 1.807) is 0 Å². The average molecular weight is 341 g/mol. The fraction of sp³-hybridized carbons (Fsp3) is 0.143. The Morgan fingerprint density at radius 1 is 1.00 bits per heavy atom. The van der Waals surface area contributed by atoms with Gasteiger partial charge in [-0.25, -0.2) is 0 Å². The van der Waals surface area contributed by atoms with Crippen LogP contribution in [0.25, 0.3) is 10.1 Å². The molecule has 0 atom stereocenters. The van der Waals surface area contributed by atoms with Gasteiger partial charge in [0.25, 0.3) is 5.24 Å². The Kier molecular flexibility index (Phi) is 4.58. The molecule has 0 aliphatic heterocycles. The average Bonchev–Trinajstić information content (AvgIpc) is 2.37. The Balaban J connectivity index is 2.70. The Labute approximate surface area is 133 Å². The molecule has 2 rings (SSSR count). The topological polar surface area (TPSA) is 86.7 Å². The fourth-order valence-corrected chi connectivity index (χ4v) is 2.79. The number of rotatable bonds is 3. The molecule has 2 aromatic rings. The highest BCUT2D eigenvalue weighted by Crippen LogP contribution is 2.34. The molecule has 0 fully saturated rings. The summed E-state index contributed by atoms with van der Waals surface area (Å²) >= 11 is 6.12. The van der Waals surface area contributed by atoms with Gasteiger partial charge in [0.1, 0.15) is 0 Å². The standard InChI is InChI=1S/C14H9ClO6S/c1-6(16)20-10-4-8-3-9(13(15)18)14(19)22-12(8)5-11(10)21-7(2)17/h3-5H,1-2H3. The molecular weight excluding hydrogens is 332 g/mol. The summed E-state index contributed by atoms with van der Waals surface area (Å²) in [5, 5.41) is -0.415. The summed E-state index contributed by atoms with van der Waals surface area (Å²) in [6.07, 6.45) is 0. The quantitative estimate of drug-likeness (QED) is 0.484. The second-order valence-electron chi connectivity index (χ2n) is 4.25. The van der Waals surface area contributed by atoms with E-state index in [0.717, 1.165) is 11.3 Å². The highest BCUT2D eigenvalue weighted by molar-refractivity contribution is 7.16. The van der Waals surface area contributed by atoms with Crippen LogP contribution in [0.1, 0.15) is 24.2 Å². The zero-order chi connectivity index (χ0) is 16.4. The molecule has 0 saturated carbocycles. The first-order chi connectivity index (χ1) is 10.3. The number of carbonyl (C=O) groups excluding carboxylic acids is 3. The van der Waals surface area contributed by atoms with Crippen molar-refractivity contribution in [3.05, 3.63) is 33.3 Å². The van der Waals surface area contributed by atoms with Crippen LogP contribution in [-0.2, 0) is 9.59 Å². The first-order valence-corrected chi connectivity index (χ1v) is 7.16. The molecule has 0 N–H and O–H groups in total. The molecule has 0 saturated heterocycles. The fourth-order valence-electron chi connectivity index (χ4n) is 1.73. The molecule has 0 spiro atoms. The molecule has 22 heavy (non-hydrogen) atoms. The van der Waals surface area contributed by atoms with E-state index in [4.69, 9.17) is 21.1 Å². The van der Waals surface area contributed by atoms with Crippen molar-refractivity contribution < 1.29 is 23.9 Å². The van der Waals surface area contributed by atoms with Crippen molar-refractivity contribution in [3.8, 4) is 11.5 Å². The van der Waals surface area contributed by atoms with Gasteiger partial charge in [0, 0.05) is 24.6 Å². The van der Waals surface area contributed by atoms with Crippen LogP contribution in [0, 0.1) is 0 Å². The first kappa shape index (κ1) is 16.1. The van der Waals surface area contributed by atoms with Gasteiger partial charge in [-0.15, -0.1) is 0 Å². The van der Waals surface area contributed by atoms with Gasteiger partial charge in [-0.05, 0) is 29.1 Å². The number of fused-ring (bicyclic) bond motifs is 1. The van der Waals surface area contributed by atoms with Gasteiger partial charge in [-0.1, -0.05) is 11.3 Å². The second kappa shape index (κ2) is 6.25. The van der Waals surface area contributed by atoms with Crippen molar-refractivity contribution in [2.75, 3.05) is 0 Å². The molecule has 114 valence electrons. The highest BCUT2D eigenvalue weighted by atomic mass is 35.5. The van der Waals surface area contributed by atoms with Gasteiger partial charge in [-0.3, -0.25) is 19.2 Å². The van der Waals surface area contributed by atoms with Crippen molar-refractivity contribution in [2.24, 2.45) is 0 Å². The van der Waals surface area contributed by atoms with Crippen molar-refractivity contribution >= 4 is 50.2 Å². The van der Waals surface area contributed by atoms with Crippen LogP contribution in [0.4, 0.5) is 0 Å². The van der Waals surface area contributed by atoms with Gasteiger partial charge >= 0.3 is 11.9 Å². The van der Waals surface area contributed by atoms with Gasteiger partial charge in [-0.2, -0.15) is 0 Å². The van der Waals surface area contributed by atoms with E-state index in [0.29, 0.717) is 10.1 Å². The summed E-state index contributed by atoms with van der Waals surface area (Å²) in [5.74, 6) is -1.19. The predicted octanol–water partition coefficient (Wildman–Crippen LogP) is 2.49. The maximum atomic E-state index is 11.8. The van der Waals surface area contributed by atoms with Gasteiger partial charge in [0.2, 0.25) is 4.74 Å². The summed E-state index contributed by atoms with van der Waals surface area (Å²) < 4.78 is 9.89. The van der Waals surface area contributed by atoms with Gasteiger partial charge in [0.05, 0.1) is 5.56 Å². The molecule has 0 aliphatic carbocycles. The molecule has 1 aromatic carbocycles. The van der Waals surface area contributed by atoms with Crippen LogP contribution in [0.2, 0.25) is 0 Å². The molecule has 6 nitrogen and oxygen atoms in total. The Hall–Kier alpha value is -2.25. The van der Waals surface area contributed by atoms with Crippen LogP contribution in [-0.4, -0.2) is 17.2 Å². The van der Waals surface area contributed by atoms with Crippen LogP contribution in [0.15, 0.2) is 23.0 Å². The molecule has 0 radical (unpaired) electrons. The molecule has 1 heterocycles. The van der Waals surface area contributed by atoms with Crippen LogP contribution in [0.5, 0.6) is 11.5 Å². The number of esters is 2. The lowest BCUT2D eigenvalue weighted by Crippen LogP contribution is -2.09. The summed E-state index contributed by atoms with van der Waals surface area (Å²) in [6.45, 7) is 2.39. The molecule has 0 amide bonds. The van der Waals surface area contributed by atoms with Crippen molar-refractivity contribution in [1.82, 2.24) is 0 Å². The molecule has 8 heteroatoms. The van der Waals surface area contributed by atoms with Crippen LogP contribution >= 0.6 is 22.9 Å². The minimum Gasteiger partial charge on any atom is -0.423 e. The van der Waals surface area contributed by atoms with E-state index < -0.39 is 21.9 Å². The van der Waals surface area contributed by atoms with E-state index >= 15 is 0 Å². The zero-order valence-corrected chi connectivity index (χ0v) is 13.0. The number of ether oxygens (including phenoxy) is 2. The molecule has 0 unspecified atom stereocenters. The number of hydrogen-bond acceptors (Lipinski definition) is 7. The normalized spacial score (nSPS) is 10.3. The van der Waals surface area contributed by atoms with Gasteiger partial charge < -0.3 is 9.47 Å². The molecule has 1 aromatic heterocycles. The SMILES string of the molecule is CC(=O)Oc1cc2cc(C(=O)Cl)c(=O)sc2cc1OC(C)=O. The molecule has 0 bridgehead atoms. The van der Waals surface area contributed by atoms with E-state index in [1.807, 2.05) is 0 Å². The third-order valence-corrected chi connectivity index (χ3v) is 3.70. The zero-order valence-electron chi connectivity index (χ0n) is 11.5. The maximum Gasteiger partial charge on any atom is 0.308 e. The molecular formula is C14H9ClO6S. The second-order valence-corrected chi connectivity index (χ2v) is 5.60. The lowest BCUT2D eigenvalue weighted by Gasteiger charge is -2.10. The summed E-state index contributed by atoms with van der Waals surface area (Å²) in [5.41, 5.74) is -0.173. The Morgan fingerprint density at radius 3 is 2.05 bits per heavy atom.